The zero-order chi connectivity index (χ0) is 29.7. The maximum absolute atomic E-state index is 14.1. The molecular weight excluding hydrogens is 571 g/mol. The Morgan fingerprint density at radius 3 is 2.33 bits per heavy atom. The van der Waals surface area contributed by atoms with E-state index in [4.69, 9.17) is 27.9 Å². The van der Waals surface area contributed by atoms with Crippen LogP contribution in [0.3, 0.4) is 0 Å². The summed E-state index contributed by atoms with van der Waals surface area (Å²) in [6.45, 7) is 8.77. The number of halogens is 2. The van der Waals surface area contributed by atoms with Crippen molar-refractivity contribution in [3.8, 4) is 0 Å². The number of hydrogen-bond donors (Lipinski definition) is 1. The summed E-state index contributed by atoms with van der Waals surface area (Å²) in [6.07, 6.45) is 0.942. The van der Waals surface area contributed by atoms with Gasteiger partial charge in [-0.25, -0.2) is 8.42 Å². The third kappa shape index (κ3) is 7.58. The first-order valence-corrected chi connectivity index (χ1v) is 16.2. The van der Waals surface area contributed by atoms with Crippen molar-refractivity contribution in [2.45, 2.75) is 89.3 Å². The number of unbranched alkanes of at least 4 members (excludes halogenated alkanes) is 1. The molecule has 0 aromatic heterocycles. The molecule has 1 saturated heterocycles. The highest BCUT2D eigenvalue weighted by atomic mass is 35.5. The van der Waals surface area contributed by atoms with E-state index in [2.05, 4.69) is 5.32 Å². The minimum absolute atomic E-state index is 0.0414. The van der Waals surface area contributed by atoms with Crippen LogP contribution in [0.5, 0.6) is 0 Å². The topological polar surface area (TPSA) is 92.8 Å². The fourth-order valence-corrected chi connectivity index (χ4v) is 7.24. The molecule has 0 bridgehead atoms. The van der Waals surface area contributed by atoms with E-state index in [0.717, 1.165) is 24.0 Å². The Bertz CT molecular complexity index is 1280. The zero-order valence-electron chi connectivity index (χ0n) is 23.8. The molecular formula is C30H40Cl2N2O5S. The monoisotopic (exact) mass is 610 g/mol. The smallest absolute Gasteiger partial charge is 0.254 e. The van der Waals surface area contributed by atoms with Crippen LogP contribution in [-0.4, -0.2) is 54.3 Å². The van der Waals surface area contributed by atoms with Crippen LogP contribution in [0.2, 0.25) is 10.0 Å². The van der Waals surface area contributed by atoms with Gasteiger partial charge in [0.2, 0.25) is 5.91 Å². The van der Waals surface area contributed by atoms with Crippen LogP contribution in [0, 0.1) is 0 Å². The molecule has 2 aromatic rings. The lowest BCUT2D eigenvalue weighted by molar-refractivity contribution is -0.178. The molecule has 7 nitrogen and oxygen atoms in total. The van der Waals surface area contributed by atoms with E-state index in [0.29, 0.717) is 22.9 Å². The van der Waals surface area contributed by atoms with Crippen molar-refractivity contribution in [3.05, 3.63) is 69.7 Å². The van der Waals surface area contributed by atoms with Gasteiger partial charge in [0.25, 0.3) is 5.91 Å². The molecule has 220 valence electrons. The first-order valence-electron chi connectivity index (χ1n) is 13.8. The maximum Gasteiger partial charge on any atom is 0.254 e. The van der Waals surface area contributed by atoms with Gasteiger partial charge in [-0.05, 0) is 62.1 Å². The molecule has 1 aliphatic heterocycles. The summed E-state index contributed by atoms with van der Waals surface area (Å²) in [5, 5.41) is 3.73. The number of benzene rings is 2. The van der Waals surface area contributed by atoms with Gasteiger partial charge in [0.15, 0.2) is 15.9 Å². The molecule has 1 aliphatic rings. The highest BCUT2D eigenvalue weighted by Crippen LogP contribution is 2.44. The van der Waals surface area contributed by atoms with Crippen molar-refractivity contribution in [3.63, 3.8) is 0 Å². The van der Waals surface area contributed by atoms with Gasteiger partial charge in [-0.2, -0.15) is 0 Å². The second kappa shape index (κ2) is 13.7. The van der Waals surface area contributed by atoms with Crippen molar-refractivity contribution in [1.82, 2.24) is 10.2 Å². The lowest BCUT2D eigenvalue weighted by atomic mass is 9.90. The number of carbonyl (C=O) groups is 2. The fourth-order valence-electron chi connectivity index (χ4n) is 5.11. The van der Waals surface area contributed by atoms with Gasteiger partial charge in [0, 0.05) is 23.0 Å². The van der Waals surface area contributed by atoms with Crippen LogP contribution in [0.1, 0.15) is 83.6 Å². The molecule has 1 fully saturated rings. The van der Waals surface area contributed by atoms with Crippen LogP contribution in [0.4, 0.5) is 0 Å². The summed E-state index contributed by atoms with van der Waals surface area (Å²) in [5.74, 6) is -0.861. The number of amides is 2. The summed E-state index contributed by atoms with van der Waals surface area (Å²) < 4.78 is 33.1. The minimum Gasteiger partial charge on any atom is -0.356 e. The summed E-state index contributed by atoms with van der Waals surface area (Å²) in [6, 6.07) is 13.1. The first-order chi connectivity index (χ1) is 18.8. The maximum atomic E-state index is 14.1. The van der Waals surface area contributed by atoms with Crippen molar-refractivity contribution < 1.29 is 22.7 Å². The van der Waals surface area contributed by atoms with Gasteiger partial charge in [0.05, 0.1) is 23.1 Å². The number of ether oxygens (including phenoxy) is 1. The highest BCUT2D eigenvalue weighted by molar-refractivity contribution is 7.92. The van der Waals surface area contributed by atoms with E-state index in [1.54, 1.807) is 43.0 Å². The molecule has 0 spiro atoms. The Hall–Kier alpha value is -2.13. The average Bonchev–Trinajstić information content (AvgIpc) is 2.90. The highest BCUT2D eigenvalue weighted by Gasteiger charge is 2.48. The fraction of sp³-hybridized carbons (Fsp3) is 0.533. The Morgan fingerprint density at radius 1 is 1.07 bits per heavy atom. The molecule has 0 radical (unpaired) electrons. The molecule has 10 heteroatoms. The normalized spacial score (nSPS) is 20.8. The SMILES string of the molecule is CCCCC(C)(C)S(=O)(=O)CC(CC)N1C(=O)C(CNC(C)=O)OC(c2cccc(Cl)c2)C1c1ccc(Cl)cc1. The second-order valence-electron chi connectivity index (χ2n) is 11.0. The number of nitrogens with one attached hydrogen (secondary N) is 1. The molecule has 1 N–H and O–H groups in total. The Kier molecular flexibility index (Phi) is 11.1. The number of morpholine rings is 1. The lowest BCUT2D eigenvalue weighted by Gasteiger charge is -2.48. The third-order valence-corrected chi connectivity index (χ3v) is 10.8. The minimum atomic E-state index is -3.61. The quantitative estimate of drug-likeness (QED) is 0.304. The van der Waals surface area contributed by atoms with Crippen LogP contribution < -0.4 is 5.32 Å². The molecule has 4 atom stereocenters. The van der Waals surface area contributed by atoms with E-state index >= 15 is 0 Å². The Balaban J connectivity index is 2.16. The Morgan fingerprint density at radius 2 is 1.75 bits per heavy atom. The number of carbonyl (C=O) groups excluding carboxylic acids is 2. The van der Waals surface area contributed by atoms with E-state index in [-0.39, 0.29) is 24.1 Å². The second-order valence-corrected chi connectivity index (χ2v) is 14.5. The summed E-state index contributed by atoms with van der Waals surface area (Å²) in [5.41, 5.74) is 1.49. The molecule has 3 rings (SSSR count). The largest absolute Gasteiger partial charge is 0.356 e. The number of sulfone groups is 1. The summed E-state index contributed by atoms with van der Waals surface area (Å²) >= 11 is 12.6. The van der Waals surface area contributed by atoms with Crippen molar-refractivity contribution in [1.29, 1.82) is 0 Å². The van der Waals surface area contributed by atoms with Crippen molar-refractivity contribution in [2.75, 3.05) is 12.3 Å². The van der Waals surface area contributed by atoms with Gasteiger partial charge in [-0.1, -0.05) is 74.2 Å². The van der Waals surface area contributed by atoms with E-state index in [1.165, 1.54) is 6.92 Å². The van der Waals surface area contributed by atoms with E-state index in [9.17, 15) is 18.0 Å². The third-order valence-electron chi connectivity index (χ3n) is 7.60. The van der Waals surface area contributed by atoms with E-state index < -0.39 is 38.9 Å². The number of hydrogen-bond acceptors (Lipinski definition) is 5. The van der Waals surface area contributed by atoms with Crippen LogP contribution in [0.25, 0.3) is 0 Å². The van der Waals surface area contributed by atoms with E-state index in [1.807, 2.05) is 38.1 Å². The van der Waals surface area contributed by atoms with Crippen LogP contribution in [0.15, 0.2) is 48.5 Å². The molecule has 4 unspecified atom stereocenters. The van der Waals surface area contributed by atoms with Gasteiger partial charge in [-0.3, -0.25) is 9.59 Å². The zero-order valence-corrected chi connectivity index (χ0v) is 26.2. The van der Waals surface area contributed by atoms with Crippen LogP contribution >= 0.6 is 23.2 Å². The van der Waals surface area contributed by atoms with Gasteiger partial charge >= 0.3 is 0 Å². The molecule has 0 aliphatic carbocycles. The molecule has 2 amide bonds. The average molecular weight is 612 g/mol. The van der Waals surface area contributed by atoms with Gasteiger partial charge < -0.3 is 15.0 Å². The number of rotatable bonds is 12. The van der Waals surface area contributed by atoms with Gasteiger partial charge in [-0.15, -0.1) is 0 Å². The molecule has 1 heterocycles. The predicted octanol–water partition coefficient (Wildman–Crippen LogP) is 6.30. The lowest BCUT2D eigenvalue weighted by Crippen LogP contribution is -2.59. The summed E-state index contributed by atoms with van der Waals surface area (Å²) in [7, 11) is -3.61. The molecule has 0 saturated carbocycles. The van der Waals surface area contributed by atoms with Gasteiger partial charge in [0.1, 0.15) is 6.10 Å². The standard InChI is InChI=1S/C30H40Cl2N2O5S/c1-6-8-16-30(4,5)40(37,38)19-25(7-2)34-27(21-12-14-23(31)15-13-21)28(22-10-9-11-24(32)17-22)39-26(29(34)36)18-33-20(3)35/h9-15,17,25-28H,6-8,16,18-19H2,1-5H3,(H,33,35). The van der Waals surface area contributed by atoms with Crippen molar-refractivity contribution in [2.24, 2.45) is 0 Å². The van der Waals surface area contributed by atoms with Crippen molar-refractivity contribution >= 4 is 44.9 Å². The summed E-state index contributed by atoms with van der Waals surface area (Å²) in [4.78, 5) is 27.6. The predicted molar refractivity (Wildman–Crippen MR) is 160 cm³/mol. The van der Waals surface area contributed by atoms with Crippen LogP contribution in [-0.2, 0) is 24.2 Å². The molecule has 40 heavy (non-hydrogen) atoms. The first kappa shape index (κ1) is 32.4. The Labute approximate surface area is 248 Å². The number of nitrogens with zero attached hydrogens (tertiary/aromatic N) is 1. The molecule has 2 aromatic carbocycles.